The van der Waals surface area contributed by atoms with E-state index in [0.29, 0.717) is 32.0 Å². The molecule has 1 aliphatic heterocycles. The smallest absolute Gasteiger partial charge is 0.219 e. The van der Waals surface area contributed by atoms with Crippen LogP contribution < -0.4 is 9.46 Å². The van der Waals surface area contributed by atoms with Gasteiger partial charge in [0.25, 0.3) is 0 Å². The molecule has 0 unspecified atom stereocenters. The molecule has 1 aromatic rings. The SMILES string of the molecule is CCS(=O)(=O)N[C@@H]1CCN(C(C)=O)C[C@H]1COc1ccc(C(C)C)cc1. The quantitative estimate of drug-likeness (QED) is 0.785. The Kier molecular flexibility index (Phi) is 7.06. The third kappa shape index (κ3) is 5.71. The lowest BCUT2D eigenvalue weighted by Crippen LogP contribution is -2.53. The lowest BCUT2D eigenvalue weighted by molar-refractivity contribution is -0.131. The van der Waals surface area contributed by atoms with Gasteiger partial charge in [0.1, 0.15) is 5.75 Å². The van der Waals surface area contributed by atoms with Crippen molar-refractivity contribution >= 4 is 15.9 Å². The Morgan fingerprint density at radius 1 is 1.31 bits per heavy atom. The molecule has 2 rings (SSSR count). The fraction of sp³-hybridized carbons (Fsp3) is 0.632. The van der Waals surface area contributed by atoms with Gasteiger partial charge in [-0.1, -0.05) is 26.0 Å². The fourth-order valence-electron chi connectivity index (χ4n) is 3.11. The first-order valence-corrected chi connectivity index (χ1v) is 10.8. The summed E-state index contributed by atoms with van der Waals surface area (Å²) in [6.45, 7) is 8.86. The number of benzene rings is 1. The Labute approximate surface area is 157 Å². The van der Waals surface area contributed by atoms with E-state index in [4.69, 9.17) is 4.74 Å². The number of ether oxygens (including phenoxy) is 1. The summed E-state index contributed by atoms with van der Waals surface area (Å²) >= 11 is 0. The molecule has 146 valence electrons. The number of carbonyl (C=O) groups excluding carboxylic acids is 1. The van der Waals surface area contributed by atoms with Crippen molar-refractivity contribution in [2.75, 3.05) is 25.4 Å². The summed E-state index contributed by atoms with van der Waals surface area (Å²) in [6.07, 6.45) is 0.596. The van der Waals surface area contributed by atoms with Crippen molar-refractivity contribution in [2.24, 2.45) is 5.92 Å². The minimum Gasteiger partial charge on any atom is -0.493 e. The molecule has 0 aromatic heterocycles. The molecule has 2 atom stereocenters. The van der Waals surface area contributed by atoms with Crippen molar-refractivity contribution in [1.82, 2.24) is 9.62 Å². The van der Waals surface area contributed by atoms with E-state index in [1.54, 1.807) is 18.7 Å². The van der Waals surface area contributed by atoms with Crippen LogP contribution in [-0.4, -0.2) is 50.7 Å². The highest BCUT2D eigenvalue weighted by molar-refractivity contribution is 7.89. The van der Waals surface area contributed by atoms with Crippen LogP contribution in [0, 0.1) is 5.92 Å². The first-order chi connectivity index (χ1) is 12.2. The summed E-state index contributed by atoms with van der Waals surface area (Å²) < 4.78 is 32.6. The van der Waals surface area contributed by atoms with E-state index in [1.165, 1.54) is 5.56 Å². The topological polar surface area (TPSA) is 75.7 Å². The zero-order chi connectivity index (χ0) is 19.3. The minimum atomic E-state index is -3.30. The molecule has 1 amide bonds. The van der Waals surface area contributed by atoms with Crippen LogP contribution in [0.15, 0.2) is 24.3 Å². The number of carbonyl (C=O) groups is 1. The molecule has 1 fully saturated rings. The number of hydrogen-bond donors (Lipinski definition) is 1. The molecule has 0 saturated carbocycles. The van der Waals surface area contributed by atoms with Crippen LogP contribution in [0.25, 0.3) is 0 Å². The first kappa shape index (κ1) is 20.7. The average Bonchev–Trinajstić information content (AvgIpc) is 2.60. The fourth-order valence-corrected chi connectivity index (χ4v) is 4.05. The van der Waals surface area contributed by atoms with Crippen molar-refractivity contribution in [3.63, 3.8) is 0 Å². The maximum atomic E-state index is 12.0. The van der Waals surface area contributed by atoms with E-state index in [1.807, 2.05) is 24.3 Å². The van der Waals surface area contributed by atoms with Crippen molar-refractivity contribution in [2.45, 2.75) is 46.1 Å². The highest BCUT2D eigenvalue weighted by Gasteiger charge is 2.33. The Hall–Kier alpha value is -1.60. The molecule has 0 bridgehead atoms. The number of sulfonamides is 1. The van der Waals surface area contributed by atoms with Crippen molar-refractivity contribution in [3.05, 3.63) is 29.8 Å². The van der Waals surface area contributed by atoms with Crippen molar-refractivity contribution < 1.29 is 17.9 Å². The van der Waals surface area contributed by atoms with Gasteiger partial charge >= 0.3 is 0 Å². The first-order valence-electron chi connectivity index (χ1n) is 9.20. The van der Waals surface area contributed by atoms with E-state index in [0.717, 1.165) is 5.75 Å². The summed E-state index contributed by atoms with van der Waals surface area (Å²) in [6, 6.07) is 7.74. The predicted octanol–water partition coefficient (Wildman–Crippen LogP) is 2.37. The number of rotatable bonds is 7. The molecule has 0 spiro atoms. The van der Waals surface area contributed by atoms with Gasteiger partial charge in [-0.2, -0.15) is 0 Å². The van der Waals surface area contributed by atoms with Gasteiger partial charge < -0.3 is 9.64 Å². The van der Waals surface area contributed by atoms with E-state index >= 15 is 0 Å². The Balaban J connectivity index is 2.05. The van der Waals surface area contributed by atoms with Gasteiger partial charge in [-0.25, -0.2) is 13.1 Å². The second-order valence-electron chi connectivity index (χ2n) is 7.18. The maximum absolute atomic E-state index is 12.0. The van der Waals surface area contributed by atoms with Gasteiger partial charge in [-0.15, -0.1) is 0 Å². The molecule has 7 heteroatoms. The molecule has 0 aliphatic carbocycles. The third-order valence-corrected chi connectivity index (χ3v) is 6.32. The average molecular weight is 383 g/mol. The van der Waals surface area contributed by atoms with Crippen LogP contribution in [0.1, 0.15) is 45.6 Å². The van der Waals surface area contributed by atoms with Gasteiger partial charge in [0.2, 0.25) is 15.9 Å². The molecule has 1 N–H and O–H groups in total. The normalized spacial score (nSPS) is 21.0. The van der Waals surface area contributed by atoms with Gasteiger partial charge in [0.05, 0.1) is 12.4 Å². The lowest BCUT2D eigenvalue weighted by atomic mass is 9.93. The Morgan fingerprint density at radius 2 is 1.96 bits per heavy atom. The standard InChI is InChI=1S/C19H30N2O4S/c1-5-26(23,24)20-19-10-11-21(15(4)22)12-17(19)13-25-18-8-6-16(7-9-18)14(2)3/h6-9,14,17,19-20H,5,10-13H2,1-4H3/t17-,19+/m0/s1. The second-order valence-corrected chi connectivity index (χ2v) is 9.22. The number of hydrogen-bond acceptors (Lipinski definition) is 4. The van der Waals surface area contributed by atoms with Crippen LogP contribution in [0.3, 0.4) is 0 Å². The van der Waals surface area contributed by atoms with Crippen LogP contribution in [0.5, 0.6) is 5.75 Å². The zero-order valence-corrected chi connectivity index (χ0v) is 16.9. The third-order valence-electron chi connectivity index (χ3n) is 4.90. The highest BCUT2D eigenvalue weighted by Crippen LogP contribution is 2.22. The van der Waals surface area contributed by atoms with E-state index in [-0.39, 0.29) is 23.6 Å². The van der Waals surface area contributed by atoms with Crippen LogP contribution >= 0.6 is 0 Å². The molecule has 1 heterocycles. The summed E-state index contributed by atoms with van der Waals surface area (Å²) in [7, 11) is -3.30. The van der Waals surface area contributed by atoms with Crippen molar-refractivity contribution in [1.29, 1.82) is 0 Å². The molecule has 1 aromatic carbocycles. The molecule has 1 saturated heterocycles. The second kappa shape index (κ2) is 8.86. The number of nitrogens with zero attached hydrogens (tertiary/aromatic N) is 1. The minimum absolute atomic E-state index is 0.00749. The van der Waals surface area contributed by atoms with Gasteiger partial charge in [0.15, 0.2) is 0 Å². The molecule has 1 aliphatic rings. The monoisotopic (exact) mass is 382 g/mol. The predicted molar refractivity (Wildman–Crippen MR) is 103 cm³/mol. The molecule has 6 nitrogen and oxygen atoms in total. The summed E-state index contributed by atoms with van der Waals surface area (Å²) in [4.78, 5) is 13.5. The summed E-state index contributed by atoms with van der Waals surface area (Å²) in [5.41, 5.74) is 1.24. The maximum Gasteiger partial charge on any atom is 0.219 e. The van der Waals surface area contributed by atoms with E-state index < -0.39 is 10.0 Å². The molecular formula is C19H30N2O4S. The van der Waals surface area contributed by atoms with Crippen LogP contribution in [-0.2, 0) is 14.8 Å². The number of piperidine rings is 1. The number of nitrogens with one attached hydrogen (secondary N) is 1. The highest BCUT2D eigenvalue weighted by atomic mass is 32.2. The number of likely N-dealkylation sites (tertiary alicyclic amines) is 1. The molecule has 0 radical (unpaired) electrons. The van der Waals surface area contributed by atoms with Gasteiger partial charge in [-0.05, 0) is 37.0 Å². The molecule has 26 heavy (non-hydrogen) atoms. The zero-order valence-electron chi connectivity index (χ0n) is 16.1. The van der Waals surface area contributed by atoms with E-state index in [9.17, 15) is 13.2 Å². The van der Waals surface area contributed by atoms with Crippen molar-refractivity contribution in [3.8, 4) is 5.75 Å². The van der Waals surface area contributed by atoms with E-state index in [2.05, 4.69) is 18.6 Å². The molecular weight excluding hydrogens is 352 g/mol. The largest absolute Gasteiger partial charge is 0.493 e. The lowest BCUT2D eigenvalue weighted by Gasteiger charge is -2.38. The Morgan fingerprint density at radius 3 is 2.50 bits per heavy atom. The van der Waals surface area contributed by atoms with Crippen LogP contribution in [0.4, 0.5) is 0 Å². The van der Waals surface area contributed by atoms with Gasteiger partial charge in [-0.3, -0.25) is 4.79 Å². The number of amides is 1. The van der Waals surface area contributed by atoms with Crippen LogP contribution in [0.2, 0.25) is 0 Å². The summed E-state index contributed by atoms with van der Waals surface area (Å²) in [5, 5.41) is 0. The van der Waals surface area contributed by atoms with Gasteiger partial charge in [0, 0.05) is 32.0 Å². The Bertz CT molecular complexity index is 701. The summed E-state index contributed by atoms with van der Waals surface area (Å²) in [5.74, 6) is 1.18.